The Morgan fingerprint density at radius 2 is 1.64 bits per heavy atom. The highest BCUT2D eigenvalue weighted by Crippen LogP contribution is 2.34. The molecule has 0 saturated carbocycles. The van der Waals surface area contributed by atoms with Crippen LogP contribution >= 0.6 is 28.1 Å². The van der Waals surface area contributed by atoms with E-state index in [9.17, 15) is 21.6 Å². The van der Waals surface area contributed by atoms with Gasteiger partial charge in [-0.2, -0.15) is 13.2 Å². The second kappa shape index (κ2) is 7.68. The van der Waals surface area contributed by atoms with Gasteiger partial charge >= 0.3 is 6.18 Å². The van der Waals surface area contributed by atoms with Gasteiger partial charge < -0.3 is 5.32 Å². The molecule has 0 aromatic heterocycles. The number of para-hydroxylation sites is 1. The van der Waals surface area contributed by atoms with E-state index < -0.39 is 21.8 Å². The predicted molar refractivity (Wildman–Crippen MR) is 95.3 cm³/mol. The molecule has 0 spiro atoms. The highest BCUT2D eigenvalue weighted by molar-refractivity contribution is 9.10. The first kappa shape index (κ1) is 19.6. The first-order valence-corrected chi connectivity index (χ1v) is 9.28. The highest BCUT2D eigenvalue weighted by Gasteiger charge is 2.33. The third kappa shape index (κ3) is 5.39. The van der Waals surface area contributed by atoms with Gasteiger partial charge in [0.15, 0.2) is 5.11 Å². The maximum atomic E-state index is 12.9. The van der Waals surface area contributed by atoms with Crippen LogP contribution < -0.4 is 15.6 Å². The van der Waals surface area contributed by atoms with Crippen molar-refractivity contribution in [2.45, 2.75) is 11.1 Å². The highest BCUT2D eigenvalue weighted by atomic mass is 79.9. The monoisotopic (exact) mass is 453 g/mol. The van der Waals surface area contributed by atoms with Gasteiger partial charge in [0.25, 0.3) is 10.0 Å². The lowest BCUT2D eigenvalue weighted by molar-refractivity contribution is -0.136. The number of anilines is 1. The molecular weight excluding hydrogens is 443 g/mol. The van der Waals surface area contributed by atoms with Crippen molar-refractivity contribution in [3.8, 4) is 0 Å². The standard InChI is InChI=1S/C14H11BrF3N3O2S2/c15-9-5-7-10(8-6-9)25(22,23)21-20-13(24)19-12-4-2-1-3-11(12)14(16,17)18/h1-8,21H,(H2,19,20,24). The summed E-state index contributed by atoms with van der Waals surface area (Å²) in [6.07, 6.45) is -4.57. The summed E-state index contributed by atoms with van der Waals surface area (Å²) in [6.45, 7) is 0. The minimum Gasteiger partial charge on any atom is -0.331 e. The first-order valence-electron chi connectivity index (χ1n) is 6.60. The van der Waals surface area contributed by atoms with Crippen LogP contribution in [0.1, 0.15) is 5.56 Å². The number of hydrogen-bond donors (Lipinski definition) is 3. The minimum atomic E-state index is -4.57. The van der Waals surface area contributed by atoms with Crippen molar-refractivity contribution >= 4 is 49.0 Å². The molecule has 0 unspecified atom stereocenters. The van der Waals surface area contributed by atoms with Crippen LogP contribution in [0, 0.1) is 0 Å². The quantitative estimate of drug-likeness (QED) is 0.486. The summed E-state index contributed by atoms with van der Waals surface area (Å²) in [7, 11) is -3.93. The number of thiocarbonyl (C=S) groups is 1. The molecule has 0 bridgehead atoms. The van der Waals surface area contributed by atoms with Crippen LogP contribution in [0.5, 0.6) is 0 Å². The van der Waals surface area contributed by atoms with Gasteiger partial charge in [0.05, 0.1) is 16.1 Å². The van der Waals surface area contributed by atoms with E-state index in [-0.39, 0.29) is 15.7 Å². The molecule has 0 aliphatic carbocycles. The van der Waals surface area contributed by atoms with Gasteiger partial charge in [-0.05, 0) is 48.6 Å². The average molecular weight is 454 g/mol. The molecule has 2 aromatic carbocycles. The fraction of sp³-hybridized carbons (Fsp3) is 0.0714. The normalized spacial score (nSPS) is 11.8. The molecule has 0 atom stereocenters. The summed E-state index contributed by atoms with van der Waals surface area (Å²) in [5.41, 5.74) is 0.949. The van der Waals surface area contributed by atoms with Gasteiger partial charge in [0, 0.05) is 4.47 Å². The van der Waals surface area contributed by atoms with Crippen molar-refractivity contribution in [2.24, 2.45) is 0 Å². The minimum absolute atomic E-state index is 0.0401. The lowest BCUT2D eigenvalue weighted by atomic mass is 10.2. The number of rotatable bonds is 4. The van der Waals surface area contributed by atoms with E-state index in [2.05, 4.69) is 26.7 Å². The zero-order valence-corrected chi connectivity index (χ0v) is 15.5. The van der Waals surface area contributed by atoms with Crippen LogP contribution in [0.2, 0.25) is 0 Å². The third-order valence-corrected chi connectivity index (χ3v) is 4.90. The lowest BCUT2D eigenvalue weighted by Gasteiger charge is -2.16. The van der Waals surface area contributed by atoms with Gasteiger partial charge in [-0.25, -0.2) is 8.42 Å². The van der Waals surface area contributed by atoms with Gasteiger partial charge in [0.1, 0.15) is 0 Å². The van der Waals surface area contributed by atoms with Gasteiger partial charge in [-0.3, -0.25) is 5.43 Å². The number of benzene rings is 2. The van der Waals surface area contributed by atoms with E-state index in [1.807, 2.05) is 4.83 Å². The van der Waals surface area contributed by atoms with Gasteiger partial charge in [0.2, 0.25) is 0 Å². The second-order valence-corrected chi connectivity index (χ2v) is 7.69. The zero-order chi connectivity index (χ0) is 18.7. The van der Waals surface area contributed by atoms with Crippen LogP contribution in [-0.4, -0.2) is 13.5 Å². The van der Waals surface area contributed by atoms with E-state index in [4.69, 9.17) is 12.2 Å². The summed E-state index contributed by atoms with van der Waals surface area (Å²) in [5.74, 6) is 0. The van der Waals surface area contributed by atoms with Crippen LogP contribution in [0.3, 0.4) is 0 Å². The van der Waals surface area contributed by atoms with Crippen LogP contribution in [0.15, 0.2) is 57.9 Å². The molecule has 3 N–H and O–H groups in total. The molecule has 0 saturated heterocycles. The molecule has 0 aliphatic rings. The van der Waals surface area contributed by atoms with Crippen molar-refractivity contribution in [2.75, 3.05) is 5.32 Å². The fourth-order valence-corrected chi connectivity index (χ4v) is 3.12. The SMILES string of the molecule is O=S(=O)(NNC(=S)Nc1ccccc1C(F)(F)F)c1ccc(Br)cc1. The largest absolute Gasteiger partial charge is 0.418 e. The fourth-order valence-electron chi connectivity index (χ4n) is 1.78. The van der Waals surface area contributed by atoms with E-state index in [0.717, 1.165) is 6.07 Å². The topological polar surface area (TPSA) is 70.2 Å². The van der Waals surface area contributed by atoms with Crippen molar-refractivity contribution in [3.63, 3.8) is 0 Å². The molecule has 0 radical (unpaired) electrons. The number of nitrogens with one attached hydrogen (secondary N) is 3. The first-order chi connectivity index (χ1) is 11.6. The molecular formula is C14H11BrF3N3O2S2. The Labute approximate surface area is 155 Å². The molecule has 11 heteroatoms. The summed E-state index contributed by atoms with van der Waals surface area (Å²) in [6, 6.07) is 10.5. The number of hydrazine groups is 1. The Balaban J connectivity index is 2.06. The van der Waals surface area contributed by atoms with Crippen molar-refractivity contribution in [1.29, 1.82) is 0 Å². The Kier molecular flexibility index (Phi) is 6.03. The Morgan fingerprint density at radius 3 is 2.24 bits per heavy atom. The maximum Gasteiger partial charge on any atom is 0.418 e. The third-order valence-electron chi connectivity index (χ3n) is 2.90. The zero-order valence-electron chi connectivity index (χ0n) is 12.3. The molecule has 0 fully saturated rings. The predicted octanol–water partition coefficient (Wildman–Crippen LogP) is 3.65. The van der Waals surface area contributed by atoms with E-state index in [1.54, 1.807) is 0 Å². The second-order valence-electron chi connectivity index (χ2n) is 4.68. The smallest absolute Gasteiger partial charge is 0.331 e. The molecule has 2 aromatic rings. The van der Waals surface area contributed by atoms with Crippen molar-refractivity contribution < 1.29 is 21.6 Å². The Morgan fingerprint density at radius 1 is 1.04 bits per heavy atom. The van der Waals surface area contributed by atoms with Crippen LogP contribution in [0.4, 0.5) is 18.9 Å². The molecule has 5 nitrogen and oxygen atoms in total. The molecule has 134 valence electrons. The van der Waals surface area contributed by atoms with E-state index in [0.29, 0.717) is 4.47 Å². The summed E-state index contributed by atoms with van der Waals surface area (Å²) >= 11 is 8.01. The molecule has 0 aliphatic heterocycles. The number of sulfonamides is 1. The average Bonchev–Trinajstić information content (AvgIpc) is 2.53. The lowest BCUT2D eigenvalue weighted by Crippen LogP contribution is -2.43. The number of alkyl halides is 3. The number of hydrogen-bond acceptors (Lipinski definition) is 3. The number of halogens is 4. The van der Waals surface area contributed by atoms with Crippen molar-refractivity contribution in [1.82, 2.24) is 10.3 Å². The van der Waals surface area contributed by atoms with Crippen molar-refractivity contribution in [3.05, 3.63) is 58.6 Å². The molecule has 25 heavy (non-hydrogen) atoms. The maximum absolute atomic E-state index is 12.9. The summed E-state index contributed by atoms with van der Waals surface area (Å²) in [5, 5.41) is 1.98. The Hall–Kier alpha value is -1.69. The van der Waals surface area contributed by atoms with Gasteiger partial charge in [-0.1, -0.05) is 28.1 Å². The Bertz CT molecular complexity index is 872. The van der Waals surface area contributed by atoms with Gasteiger partial charge in [-0.15, -0.1) is 4.83 Å². The summed E-state index contributed by atoms with van der Waals surface area (Å²) < 4.78 is 63.6. The summed E-state index contributed by atoms with van der Waals surface area (Å²) in [4.78, 5) is 1.95. The van der Waals surface area contributed by atoms with E-state index >= 15 is 0 Å². The van der Waals surface area contributed by atoms with Crippen LogP contribution in [0.25, 0.3) is 0 Å². The molecule has 0 heterocycles. The van der Waals surface area contributed by atoms with Crippen LogP contribution in [-0.2, 0) is 16.2 Å². The molecule has 0 amide bonds. The molecule has 2 rings (SSSR count). The van der Waals surface area contributed by atoms with E-state index in [1.165, 1.54) is 42.5 Å².